The number of carbonyl (C=O) groups is 2. The summed E-state index contributed by atoms with van der Waals surface area (Å²) in [6.45, 7) is 3.59. The Balaban J connectivity index is 1.19. The molecule has 178 valence electrons. The van der Waals surface area contributed by atoms with Gasteiger partial charge in [-0.15, -0.1) is 0 Å². The molecule has 0 aliphatic carbocycles. The highest BCUT2D eigenvalue weighted by Crippen LogP contribution is 2.30. The van der Waals surface area contributed by atoms with E-state index in [1.165, 1.54) is 5.56 Å². The highest BCUT2D eigenvalue weighted by molar-refractivity contribution is 7.21. The van der Waals surface area contributed by atoms with Crippen LogP contribution in [0.3, 0.4) is 0 Å². The molecular formula is C27H27N5O2S. The largest absolute Gasteiger partial charge is 0.347 e. The summed E-state index contributed by atoms with van der Waals surface area (Å²) in [6, 6.07) is 18.7. The van der Waals surface area contributed by atoms with Gasteiger partial charge in [0.2, 0.25) is 5.91 Å². The summed E-state index contributed by atoms with van der Waals surface area (Å²) in [6.07, 6.45) is 4.45. The number of hydrogen-bond acceptors (Lipinski definition) is 6. The zero-order valence-electron chi connectivity index (χ0n) is 19.5. The van der Waals surface area contributed by atoms with Gasteiger partial charge in [-0.05, 0) is 73.4 Å². The van der Waals surface area contributed by atoms with Gasteiger partial charge in [0, 0.05) is 36.2 Å². The van der Waals surface area contributed by atoms with Crippen molar-refractivity contribution in [1.82, 2.24) is 9.97 Å². The van der Waals surface area contributed by atoms with Crippen LogP contribution in [0.4, 0.5) is 16.5 Å². The number of rotatable bonds is 6. The zero-order chi connectivity index (χ0) is 24.2. The van der Waals surface area contributed by atoms with E-state index in [2.05, 4.69) is 27.4 Å². The van der Waals surface area contributed by atoms with E-state index in [1.807, 2.05) is 36.4 Å². The fraction of sp³-hybridized carbons (Fsp3) is 0.259. The molecule has 7 nitrogen and oxygen atoms in total. The summed E-state index contributed by atoms with van der Waals surface area (Å²) in [5.41, 5.74) is 4.06. The predicted octanol–water partition coefficient (Wildman–Crippen LogP) is 5.36. The Hall–Kier alpha value is -3.78. The van der Waals surface area contributed by atoms with Crippen LogP contribution in [0.15, 0.2) is 66.9 Å². The van der Waals surface area contributed by atoms with Crippen molar-refractivity contribution in [2.45, 2.75) is 26.2 Å². The van der Waals surface area contributed by atoms with Crippen molar-refractivity contribution in [2.24, 2.45) is 5.92 Å². The second-order valence-corrected chi connectivity index (χ2v) is 9.64. The Morgan fingerprint density at radius 2 is 1.91 bits per heavy atom. The minimum absolute atomic E-state index is 0.0116. The third-order valence-corrected chi connectivity index (χ3v) is 7.27. The maximum atomic E-state index is 13.0. The van der Waals surface area contributed by atoms with Gasteiger partial charge >= 0.3 is 0 Å². The van der Waals surface area contributed by atoms with Crippen LogP contribution in [0.2, 0.25) is 0 Å². The first kappa shape index (κ1) is 23.0. The maximum Gasteiger partial charge on any atom is 0.255 e. The van der Waals surface area contributed by atoms with E-state index in [9.17, 15) is 9.59 Å². The molecule has 1 unspecified atom stereocenters. The van der Waals surface area contributed by atoms with Gasteiger partial charge in [0.05, 0.1) is 5.92 Å². The van der Waals surface area contributed by atoms with Crippen LogP contribution in [0.5, 0.6) is 0 Å². The maximum absolute atomic E-state index is 13.0. The average Bonchev–Trinajstić information content (AvgIpc) is 3.34. The van der Waals surface area contributed by atoms with Crippen molar-refractivity contribution in [3.05, 3.63) is 78.0 Å². The van der Waals surface area contributed by atoms with E-state index < -0.39 is 0 Å². The molecule has 8 heteroatoms. The first-order valence-electron chi connectivity index (χ1n) is 11.9. The van der Waals surface area contributed by atoms with E-state index >= 15 is 0 Å². The third kappa shape index (κ3) is 5.33. The van der Waals surface area contributed by atoms with E-state index in [0.717, 1.165) is 47.0 Å². The Labute approximate surface area is 208 Å². The van der Waals surface area contributed by atoms with Crippen molar-refractivity contribution in [3.8, 4) is 0 Å². The number of aryl methyl sites for hydroxylation is 1. The zero-order valence-corrected chi connectivity index (χ0v) is 20.3. The molecule has 5 rings (SSSR count). The molecule has 1 aliphatic heterocycles. The minimum atomic E-state index is -0.177. The second-order valence-electron chi connectivity index (χ2n) is 8.68. The molecule has 1 aliphatic rings. The van der Waals surface area contributed by atoms with Gasteiger partial charge in [-0.1, -0.05) is 30.4 Å². The predicted molar refractivity (Wildman–Crippen MR) is 141 cm³/mol. The van der Waals surface area contributed by atoms with Crippen LogP contribution in [0.1, 0.15) is 35.7 Å². The quantitative estimate of drug-likeness (QED) is 0.384. The summed E-state index contributed by atoms with van der Waals surface area (Å²) in [7, 11) is 0. The van der Waals surface area contributed by atoms with Crippen molar-refractivity contribution in [1.29, 1.82) is 0 Å². The van der Waals surface area contributed by atoms with Crippen molar-refractivity contribution < 1.29 is 9.59 Å². The summed E-state index contributed by atoms with van der Waals surface area (Å²) >= 11 is 1.56. The molecule has 2 aromatic heterocycles. The molecule has 2 amide bonds. The molecule has 0 radical (unpaired) electrons. The highest BCUT2D eigenvalue weighted by Gasteiger charge is 2.27. The normalized spacial score (nSPS) is 15.7. The van der Waals surface area contributed by atoms with Crippen LogP contribution in [-0.4, -0.2) is 34.9 Å². The number of benzene rings is 2. The van der Waals surface area contributed by atoms with Gasteiger partial charge in [0.15, 0.2) is 5.13 Å². The smallest absolute Gasteiger partial charge is 0.255 e. The lowest BCUT2D eigenvalue weighted by atomic mass is 9.97. The molecule has 1 fully saturated rings. The number of amides is 2. The van der Waals surface area contributed by atoms with E-state index in [1.54, 1.807) is 41.8 Å². The molecule has 0 spiro atoms. The lowest BCUT2D eigenvalue weighted by molar-refractivity contribution is -0.120. The number of pyridine rings is 1. The summed E-state index contributed by atoms with van der Waals surface area (Å²) in [5.74, 6) is -0.315. The van der Waals surface area contributed by atoms with Gasteiger partial charge in [-0.3, -0.25) is 9.59 Å². The van der Waals surface area contributed by atoms with Gasteiger partial charge < -0.3 is 15.5 Å². The molecule has 2 aromatic carbocycles. The van der Waals surface area contributed by atoms with E-state index in [-0.39, 0.29) is 17.7 Å². The molecule has 3 heterocycles. The van der Waals surface area contributed by atoms with Gasteiger partial charge in [-0.2, -0.15) is 0 Å². The monoisotopic (exact) mass is 485 g/mol. The fourth-order valence-electron chi connectivity index (χ4n) is 4.28. The Bertz CT molecular complexity index is 1320. The Morgan fingerprint density at radius 3 is 2.71 bits per heavy atom. The first-order chi connectivity index (χ1) is 17.1. The van der Waals surface area contributed by atoms with Crippen LogP contribution >= 0.6 is 11.3 Å². The third-order valence-electron chi connectivity index (χ3n) is 6.23. The highest BCUT2D eigenvalue weighted by atomic mass is 32.1. The minimum Gasteiger partial charge on any atom is -0.347 e. The lowest BCUT2D eigenvalue weighted by Gasteiger charge is -2.31. The van der Waals surface area contributed by atoms with Crippen LogP contribution in [-0.2, 0) is 11.2 Å². The number of hydrogen-bond donors (Lipinski definition) is 2. The molecule has 0 saturated carbocycles. The fourth-order valence-corrected chi connectivity index (χ4v) is 5.22. The molecule has 1 atom stereocenters. The number of anilines is 3. The Kier molecular flexibility index (Phi) is 6.72. The first-order valence-corrected chi connectivity index (χ1v) is 12.7. The molecule has 4 aromatic rings. The standard InChI is InChI=1S/C27H27N5O2S/c1-2-18-6-3-8-22(16-18)30-24(33)19-10-12-21(13-11-19)29-25(34)20-7-5-15-32(17-20)27-31-23-9-4-14-28-26(23)35-27/h3-4,6,8-14,16,20H,2,5,7,15,17H2,1H3,(H,29,34)(H,30,33). The van der Waals surface area contributed by atoms with Crippen molar-refractivity contribution >= 4 is 50.0 Å². The number of piperidine rings is 1. The topological polar surface area (TPSA) is 87.2 Å². The molecule has 35 heavy (non-hydrogen) atoms. The van der Waals surface area contributed by atoms with Crippen LogP contribution in [0, 0.1) is 5.92 Å². The molecular weight excluding hydrogens is 458 g/mol. The number of aromatic nitrogens is 2. The summed E-state index contributed by atoms with van der Waals surface area (Å²) < 4.78 is 0. The number of fused-ring (bicyclic) bond motifs is 1. The molecule has 1 saturated heterocycles. The SMILES string of the molecule is CCc1cccc(NC(=O)c2ccc(NC(=O)C3CCCN(c4nc5cccnc5s4)C3)cc2)c1. The van der Waals surface area contributed by atoms with Crippen LogP contribution in [0.25, 0.3) is 10.3 Å². The lowest BCUT2D eigenvalue weighted by Crippen LogP contribution is -2.40. The summed E-state index contributed by atoms with van der Waals surface area (Å²) in [4.78, 5) is 37.8. The van der Waals surface area contributed by atoms with Gasteiger partial charge in [0.1, 0.15) is 10.3 Å². The summed E-state index contributed by atoms with van der Waals surface area (Å²) in [5, 5.41) is 6.86. The second kappa shape index (κ2) is 10.2. The van der Waals surface area contributed by atoms with E-state index in [4.69, 9.17) is 4.98 Å². The molecule has 0 bridgehead atoms. The Morgan fingerprint density at radius 1 is 1.06 bits per heavy atom. The van der Waals surface area contributed by atoms with Gasteiger partial charge in [-0.25, -0.2) is 9.97 Å². The number of carbonyl (C=O) groups excluding carboxylic acids is 2. The molecule has 2 N–H and O–H groups in total. The average molecular weight is 486 g/mol. The number of thiazole rings is 1. The number of nitrogens with zero attached hydrogens (tertiary/aromatic N) is 3. The van der Waals surface area contributed by atoms with E-state index in [0.29, 0.717) is 17.8 Å². The van der Waals surface area contributed by atoms with Crippen molar-refractivity contribution in [2.75, 3.05) is 28.6 Å². The number of nitrogens with one attached hydrogen (secondary N) is 2. The van der Waals surface area contributed by atoms with Crippen molar-refractivity contribution in [3.63, 3.8) is 0 Å². The van der Waals surface area contributed by atoms with Crippen LogP contribution < -0.4 is 15.5 Å². The van der Waals surface area contributed by atoms with Gasteiger partial charge in [0.25, 0.3) is 5.91 Å².